The topological polar surface area (TPSA) is 35.0 Å². The lowest BCUT2D eigenvalue weighted by molar-refractivity contribution is 0.190. The molecule has 0 aliphatic heterocycles. The van der Waals surface area contributed by atoms with Gasteiger partial charge in [-0.2, -0.15) is 0 Å². The zero-order valence-corrected chi connectivity index (χ0v) is 6.81. The molecule has 2 saturated carbocycles. The monoisotopic (exact) mass is 141 g/mol. The van der Waals surface area contributed by atoms with E-state index in [2.05, 4.69) is 0 Å². The first-order valence-electron chi connectivity index (χ1n) is 4.45. The standard InChI is InChI=1S/C9H16.H3N/c1-3-8-5-2-6-9(4-1)7-8;/h8-9H,1-7H2;1H3. The summed E-state index contributed by atoms with van der Waals surface area (Å²) in [4.78, 5) is 0. The molecule has 2 aliphatic rings. The Kier molecular flexibility index (Phi) is 2.72. The number of rotatable bonds is 0. The van der Waals surface area contributed by atoms with Gasteiger partial charge in [-0.15, -0.1) is 0 Å². The molecule has 2 rings (SSSR count). The van der Waals surface area contributed by atoms with Crippen LogP contribution in [0.4, 0.5) is 0 Å². The van der Waals surface area contributed by atoms with Crippen LogP contribution in [0.3, 0.4) is 0 Å². The molecule has 0 spiro atoms. The summed E-state index contributed by atoms with van der Waals surface area (Å²) < 4.78 is 0. The second-order valence-electron chi connectivity index (χ2n) is 3.83. The highest BCUT2D eigenvalue weighted by molar-refractivity contribution is 4.77. The Hall–Kier alpha value is -0.0400. The maximum Gasteiger partial charge on any atom is -0.0412 e. The molecule has 0 aromatic heterocycles. The average Bonchev–Trinajstić information content (AvgIpc) is 1.88. The second kappa shape index (κ2) is 3.38. The summed E-state index contributed by atoms with van der Waals surface area (Å²) in [7, 11) is 0. The van der Waals surface area contributed by atoms with Gasteiger partial charge in [0, 0.05) is 0 Å². The van der Waals surface area contributed by atoms with Crippen molar-refractivity contribution in [3.63, 3.8) is 0 Å². The van der Waals surface area contributed by atoms with Crippen LogP contribution in [0.25, 0.3) is 0 Å². The van der Waals surface area contributed by atoms with Gasteiger partial charge < -0.3 is 6.15 Å². The van der Waals surface area contributed by atoms with Crippen LogP contribution in [0.15, 0.2) is 0 Å². The van der Waals surface area contributed by atoms with Gasteiger partial charge in [-0.3, -0.25) is 0 Å². The predicted molar refractivity (Wildman–Crippen MR) is 44.3 cm³/mol. The third kappa shape index (κ3) is 1.51. The highest BCUT2D eigenvalue weighted by Crippen LogP contribution is 2.39. The van der Waals surface area contributed by atoms with Crippen molar-refractivity contribution in [2.75, 3.05) is 0 Å². The highest BCUT2D eigenvalue weighted by atomic mass is 14.3. The van der Waals surface area contributed by atoms with E-state index in [4.69, 9.17) is 0 Å². The molecule has 0 aromatic rings. The van der Waals surface area contributed by atoms with E-state index in [-0.39, 0.29) is 6.15 Å². The fraction of sp³-hybridized carbons (Fsp3) is 1.00. The van der Waals surface area contributed by atoms with Crippen molar-refractivity contribution in [1.82, 2.24) is 6.15 Å². The van der Waals surface area contributed by atoms with Crippen LogP contribution >= 0.6 is 0 Å². The first-order chi connectivity index (χ1) is 4.45. The number of hydrogen-bond acceptors (Lipinski definition) is 1. The zero-order valence-electron chi connectivity index (χ0n) is 6.81. The summed E-state index contributed by atoms with van der Waals surface area (Å²) in [6, 6.07) is 0. The molecule has 0 radical (unpaired) electrons. The van der Waals surface area contributed by atoms with Crippen LogP contribution in [-0.2, 0) is 0 Å². The molecular weight excluding hydrogens is 122 g/mol. The van der Waals surface area contributed by atoms with E-state index in [0.717, 1.165) is 11.8 Å². The Balaban J connectivity index is 0.000000500. The molecule has 0 atom stereocenters. The van der Waals surface area contributed by atoms with Crippen LogP contribution in [0, 0.1) is 11.8 Å². The van der Waals surface area contributed by atoms with E-state index in [9.17, 15) is 0 Å². The fourth-order valence-corrected chi connectivity index (χ4v) is 2.62. The van der Waals surface area contributed by atoms with Gasteiger partial charge >= 0.3 is 0 Å². The van der Waals surface area contributed by atoms with Gasteiger partial charge in [0.1, 0.15) is 0 Å². The summed E-state index contributed by atoms with van der Waals surface area (Å²) in [5, 5.41) is 0. The van der Waals surface area contributed by atoms with Crippen molar-refractivity contribution in [2.45, 2.75) is 44.9 Å². The minimum absolute atomic E-state index is 0. The van der Waals surface area contributed by atoms with Gasteiger partial charge in [-0.05, 0) is 18.3 Å². The van der Waals surface area contributed by atoms with Crippen molar-refractivity contribution >= 4 is 0 Å². The van der Waals surface area contributed by atoms with Crippen molar-refractivity contribution < 1.29 is 0 Å². The summed E-state index contributed by atoms with van der Waals surface area (Å²) >= 11 is 0. The fourth-order valence-electron chi connectivity index (χ4n) is 2.62. The molecule has 0 heterocycles. The van der Waals surface area contributed by atoms with Crippen LogP contribution < -0.4 is 6.15 Å². The maximum absolute atomic E-state index is 1.58. The molecule has 1 nitrogen and oxygen atoms in total. The molecule has 1 heteroatoms. The quantitative estimate of drug-likeness (QED) is 0.552. The maximum atomic E-state index is 1.58. The van der Waals surface area contributed by atoms with E-state index in [1.807, 2.05) is 0 Å². The lowest BCUT2D eigenvalue weighted by Crippen LogP contribution is -2.20. The van der Waals surface area contributed by atoms with Gasteiger partial charge in [-0.1, -0.05) is 38.5 Å². The Labute approximate surface area is 63.8 Å². The Morgan fingerprint density at radius 3 is 1.40 bits per heavy atom. The summed E-state index contributed by atoms with van der Waals surface area (Å²) in [6.07, 6.45) is 10.9. The van der Waals surface area contributed by atoms with Crippen LogP contribution in [-0.4, -0.2) is 0 Å². The molecule has 0 amide bonds. The molecule has 10 heavy (non-hydrogen) atoms. The van der Waals surface area contributed by atoms with Gasteiger partial charge in [-0.25, -0.2) is 0 Å². The predicted octanol–water partition coefficient (Wildman–Crippen LogP) is 3.14. The van der Waals surface area contributed by atoms with Crippen LogP contribution in [0.1, 0.15) is 44.9 Å². The molecule has 0 aromatic carbocycles. The molecular formula is C9H19N. The summed E-state index contributed by atoms with van der Waals surface area (Å²) in [5.41, 5.74) is 0. The molecule has 2 aliphatic carbocycles. The minimum atomic E-state index is 0. The summed E-state index contributed by atoms with van der Waals surface area (Å²) in [5.74, 6) is 2.30. The van der Waals surface area contributed by atoms with E-state index in [1.54, 1.807) is 32.1 Å². The Morgan fingerprint density at radius 1 is 0.700 bits per heavy atom. The van der Waals surface area contributed by atoms with E-state index < -0.39 is 0 Å². The van der Waals surface area contributed by atoms with Gasteiger partial charge in [0.25, 0.3) is 0 Å². The third-order valence-corrected chi connectivity index (χ3v) is 3.12. The van der Waals surface area contributed by atoms with Gasteiger partial charge in [0.15, 0.2) is 0 Å². The van der Waals surface area contributed by atoms with Crippen molar-refractivity contribution in [3.05, 3.63) is 0 Å². The van der Waals surface area contributed by atoms with E-state index >= 15 is 0 Å². The smallest absolute Gasteiger partial charge is 0.0412 e. The minimum Gasteiger partial charge on any atom is -0.344 e. The average molecular weight is 141 g/mol. The van der Waals surface area contributed by atoms with Crippen molar-refractivity contribution in [3.8, 4) is 0 Å². The van der Waals surface area contributed by atoms with Crippen LogP contribution in [0.2, 0.25) is 0 Å². The van der Waals surface area contributed by atoms with Gasteiger partial charge in [0.2, 0.25) is 0 Å². The first kappa shape index (κ1) is 8.06. The molecule has 60 valence electrons. The number of hydrogen-bond donors (Lipinski definition) is 1. The zero-order chi connectivity index (χ0) is 6.10. The molecule has 0 saturated heterocycles. The Morgan fingerprint density at radius 2 is 1.10 bits per heavy atom. The second-order valence-corrected chi connectivity index (χ2v) is 3.83. The SMILES string of the molecule is C1CC2CCCC(C1)C2.N. The lowest BCUT2D eigenvalue weighted by Gasteiger charge is -2.33. The van der Waals surface area contributed by atoms with Gasteiger partial charge in [0.05, 0.1) is 0 Å². The third-order valence-electron chi connectivity index (χ3n) is 3.12. The normalized spacial score (nSPS) is 38.4. The Bertz CT molecular complexity index is 80.9. The molecule has 2 bridgehead atoms. The summed E-state index contributed by atoms with van der Waals surface area (Å²) in [6.45, 7) is 0. The lowest BCUT2D eigenvalue weighted by atomic mass is 9.72. The molecule has 3 N–H and O–H groups in total. The van der Waals surface area contributed by atoms with E-state index in [0.29, 0.717) is 0 Å². The van der Waals surface area contributed by atoms with E-state index in [1.165, 1.54) is 12.8 Å². The highest BCUT2D eigenvalue weighted by Gasteiger charge is 2.25. The largest absolute Gasteiger partial charge is 0.344 e. The molecule has 2 fully saturated rings. The number of fused-ring (bicyclic) bond motifs is 2. The van der Waals surface area contributed by atoms with Crippen molar-refractivity contribution in [1.29, 1.82) is 0 Å². The first-order valence-corrected chi connectivity index (χ1v) is 4.45. The van der Waals surface area contributed by atoms with Crippen LogP contribution in [0.5, 0.6) is 0 Å². The van der Waals surface area contributed by atoms with Crippen molar-refractivity contribution in [2.24, 2.45) is 11.8 Å². The molecule has 0 unspecified atom stereocenters.